The second-order valence-corrected chi connectivity index (χ2v) is 6.70. The number of benzene rings is 1. The summed E-state index contributed by atoms with van der Waals surface area (Å²) in [5.74, 6) is 2.14. The number of hydrogen-bond acceptors (Lipinski definition) is 3. The minimum atomic E-state index is 0.260. The second kappa shape index (κ2) is 7.05. The van der Waals surface area contributed by atoms with Crippen LogP contribution in [0.5, 0.6) is 5.75 Å². The van der Waals surface area contributed by atoms with Crippen LogP contribution in [0.3, 0.4) is 0 Å². The third-order valence-corrected chi connectivity index (χ3v) is 4.95. The molecule has 1 aromatic carbocycles. The number of phenolic OH excluding ortho intramolecular Hbond substituents is 1. The van der Waals surface area contributed by atoms with E-state index >= 15 is 0 Å². The zero-order chi connectivity index (χ0) is 15.4. The first-order chi connectivity index (χ1) is 10.7. The van der Waals surface area contributed by atoms with Crippen molar-refractivity contribution < 1.29 is 5.11 Å². The molecular weight excluding hydrogens is 296 g/mol. The summed E-state index contributed by atoms with van der Waals surface area (Å²) in [4.78, 5) is 14.0. The molecule has 0 radical (unpaired) electrons. The monoisotopic (exact) mass is 318 g/mol. The standard InChI is InChI=1S/C16H22N4OS/c1-19-11-12-22-16(19)18-15(20-9-3-2-4-10-20)17-13-5-7-14(21)8-6-13/h5-8,21H,2-4,9-12H2,1H3. The molecule has 0 aromatic heterocycles. The smallest absolute Gasteiger partial charge is 0.228 e. The van der Waals surface area contributed by atoms with E-state index in [1.807, 2.05) is 12.1 Å². The molecule has 2 saturated heterocycles. The zero-order valence-corrected chi connectivity index (χ0v) is 13.7. The van der Waals surface area contributed by atoms with Crippen molar-refractivity contribution in [1.82, 2.24) is 9.80 Å². The van der Waals surface area contributed by atoms with Crippen molar-refractivity contribution in [2.75, 3.05) is 32.4 Å². The number of amidine groups is 1. The Morgan fingerprint density at radius 2 is 1.82 bits per heavy atom. The van der Waals surface area contributed by atoms with Gasteiger partial charge < -0.3 is 14.9 Å². The first-order valence-corrected chi connectivity index (χ1v) is 8.76. The average molecular weight is 318 g/mol. The first kappa shape index (κ1) is 15.2. The number of piperidine rings is 1. The second-order valence-electron chi connectivity index (χ2n) is 5.64. The Labute approximate surface area is 135 Å². The molecule has 0 saturated carbocycles. The first-order valence-electron chi connectivity index (χ1n) is 7.78. The number of thioether (sulfide) groups is 1. The van der Waals surface area contributed by atoms with E-state index in [2.05, 4.69) is 16.8 Å². The molecular formula is C16H22N4OS. The van der Waals surface area contributed by atoms with Crippen LogP contribution in [-0.2, 0) is 0 Å². The summed E-state index contributed by atoms with van der Waals surface area (Å²) in [6, 6.07) is 6.97. The van der Waals surface area contributed by atoms with Crippen molar-refractivity contribution in [2.45, 2.75) is 19.3 Å². The molecule has 0 atom stereocenters. The lowest BCUT2D eigenvalue weighted by atomic mass is 10.1. The van der Waals surface area contributed by atoms with Gasteiger partial charge in [0, 0.05) is 32.4 Å². The van der Waals surface area contributed by atoms with Crippen molar-refractivity contribution in [1.29, 1.82) is 0 Å². The minimum Gasteiger partial charge on any atom is -0.508 e. The molecule has 0 aliphatic carbocycles. The average Bonchev–Trinajstić information content (AvgIpc) is 2.95. The Hall–Kier alpha value is -1.69. The fourth-order valence-electron chi connectivity index (χ4n) is 2.59. The van der Waals surface area contributed by atoms with E-state index in [0.29, 0.717) is 0 Å². The number of hydrogen-bond donors (Lipinski definition) is 1. The summed E-state index contributed by atoms with van der Waals surface area (Å²) in [5.41, 5.74) is 0.827. The molecule has 0 amide bonds. The summed E-state index contributed by atoms with van der Waals surface area (Å²) in [7, 11) is 2.08. The molecule has 2 heterocycles. The Balaban J connectivity index is 1.89. The molecule has 0 spiro atoms. The Bertz CT molecular complexity index is 564. The molecule has 0 unspecified atom stereocenters. The van der Waals surface area contributed by atoms with E-state index in [-0.39, 0.29) is 5.75 Å². The maximum atomic E-state index is 9.41. The fourth-order valence-corrected chi connectivity index (χ4v) is 3.59. The maximum Gasteiger partial charge on any atom is 0.228 e. The van der Waals surface area contributed by atoms with Crippen LogP contribution in [0, 0.1) is 0 Å². The molecule has 1 aromatic rings. The number of nitrogens with zero attached hydrogens (tertiary/aromatic N) is 4. The van der Waals surface area contributed by atoms with Gasteiger partial charge in [-0.1, -0.05) is 11.8 Å². The topological polar surface area (TPSA) is 51.4 Å². The third kappa shape index (κ3) is 3.74. The van der Waals surface area contributed by atoms with Crippen LogP contribution in [0.4, 0.5) is 5.69 Å². The lowest BCUT2D eigenvalue weighted by molar-refractivity contribution is 0.339. The van der Waals surface area contributed by atoms with Gasteiger partial charge in [-0.2, -0.15) is 4.99 Å². The van der Waals surface area contributed by atoms with Gasteiger partial charge in [0.25, 0.3) is 0 Å². The van der Waals surface area contributed by atoms with E-state index in [1.165, 1.54) is 19.3 Å². The van der Waals surface area contributed by atoms with E-state index < -0.39 is 0 Å². The van der Waals surface area contributed by atoms with Gasteiger partial charge in [0.2, 0.25) is 5.96 Å². The molecule has 2 fully saturated rings. The molecule has 2 aliphatic heterocycles. The van der Waals surface area contributed by atoms with Crippen LogP contribution in [0.1, 0.15) is 19.3 Å². The van der Waals surface area contributed by atoms with E-state index in [4.69, 9.17) is 9.98 Å². The molecule has 3 rings (SSSR count). The number of rotatable bonds is 1. The van der Waals surface area contributed by atoms with Crippen LogP contribution in [-0.4, -0.2) is 58.5 Å². The van der Waals surface area contributed by atoms with E-state index in [1.54, 1.807) is 23.9 Å². The number of phenols is 1. The predicted octanol–water partition coefficient (Wildman–Crippen LogP) is 2.90. The summed E-state index contributed by atoms with van der Waals surface area (Å²) >= 11 is 1.78. The molecule has 118 valence electrons. The quantitative estimate of drug-likeness (QED) is 0.639. The molecule has 6 heteroatoms. The summed E-state index contributed by atoms with van der Waals surface area (Å²) < 4.78 is 0. The maximum absolute atomic E-state index is 9.41. The highest BCUT2D eigenvalue weighted by atomic mass is 32.2. The molecule has 0 bridgehead atoms. The van der Waals surface area contributed by atoms with Gasteiger partial charge in [-0.15, -0.1) is 0 Å². The van der Waals surface area contributed by atoms with Gasteiger partial charge in [-0.05, 0) is 43.5 Å². The molecule has 2 aliphatic rings. The van der Waals surface area contributed by atoms with Crippen LogP contribution >= 0.6 is 11.8 Å². The SMILES string of the molecule is CN1CCSC1=NC(=Nc1ccc(O)cc1)N1CCCCC1. The molecule has 1 N–H and O–H groups in total. The highest BCUT2D eigenvalue weighted by molar-refractivity contribution is 8.14. The van der Waals surface area contributed by atoms with Gasteiger partial charge in [-0.3, -0.25) is 0 Å². The van der Waals surface area contributed by atoms with Crippen molar-refractivity contribution in [3.63, 3.8) is 0 Å². The molecule has 5 nitrogen and oxygen atoms in total. The summed E-state index contributed by atoms with van der Waals surface area (Å²) in [6.07, 6.45) is 3.68. The molecule has 22 heavy (non-hydrogen) atoms. The zero-order valence-electron chi connectivity index (χ0n) is 12.9. The van der Waals surface area contributed by atoms with Crippen LogP contribution in [0.15, 0.2) is 34.3 Å². The van der Waals surface area contributed by atoms with Crippen molar-refractivity contribution in [3.05, 3.63) is 24.3 Å². The predicted molar refractivity (Wildman–Crippen MR) is 93.1 cm³/mol. The van der Waals surface area contributed by atoms with Crippen LogP contribution < -0.4 is 0 Å². The Morgan fingerprint density at radius 3 is 2.45 bits per heavy atom. The van der Waals surface area contributed by atoms with E-state index in [9.17, 15) is 5.11 Å². The van der Waals surface area contributed by atoms with E-state index in [0.717, 1.165) is 42.2 Å². The lowest BCUT2D eigenvalue weighted by Crippen LogP contribution is -2.35. The Kier molecular flexibility index (Phi) is 4.87. The fraction of sp³-hybridized carbons (Fsp3) is 0.500. The number of aliphatic imine (C=N–C) groups is 2. The van der Waals surface area contributed by atoms with Crippen molar-refractivity contribution in [2.24, 2.45) is 9.98 Å². The largest absolute Gasteiger partial charge is 0.508 e. The minimum absolute atomic E-state index is 0.260. The summed E-state index contributed by atoms with van der Waals surface area (Å²) in [6.45, 7) is 3.07. The van der Waals surface area contributed by atoms with Crippen molar-refractivity contribution in [3.8, 4) is 5.75 Å². The van der Waals surface area contributed by atoms with Gasteiger partial charge in [0.1, 0.15) is 5.75 Å². The van der Waals surface area contributed by atoms with Crippen molar-refractivity contribution >= 4 is 28.6 Å². The normalized spacial score (nSPS) is 21.7. The van der Waals surface area contributed by atoms with Gasteiger partial charge in [0.05, 0.1) is 5.69 Å². The van der Waals surface area contributed by atoms with Gasteiger partial charge >= 0.3 is 0 Å². The lowest BCUT2D eigenvalue weighted by Gasteiger charge is -2.28. The van der Waals surface area contributed by atoms with Gasteiger partial charge in [-0.25, -0.2) is 4.99 Å². The highest BCUT2D eigenvalue weighted by Gasteiger charge is 2.20. The summed E-state index contributed by atoms with van der Waals surface area (Å²) in [5, 5.41) is 10.5. The number of aromatic hydroxyl groups is 1. The number of guanidine groups is 1. The van der Waals surface area contributed by atoms with Crippen LogP contribution in [0.2, 0.25) is 0 Å². The van der Waals surface area contributed by atoms with Crippen LogP contribution in [0.25, 0.3) is 0 Å². The number of likely N-dealkylation sites (tertiary alicyclic amines) is 1. The third-order valence-electron chi connectivity index (χ3n) is 3.90. The highest BCUT2D eigenvalue weighted by Crippen LogP contribution is 2.21. The van der Waals surface area contributed by atoms with Gasteiger partial charge in [0.15, 0.2) is 5.17 Å². The Morgan fingerprint density at radius 1 is 1.09 bits per heavy atom.